The summed E-state index contributed by atoms with van der Waals surface area (Å²) in [6.45, 7) is 1.97. The van der Waals surface area contributed by atoms with Crippen LogP contribution in [0.5, 0.6) is 0 Å². The molecule has 0 bridgehead atoms. The Morgan fingerprint density at radius 3 is 2.28 bits per heavy atom. The average Bonchev–Trinajstić information content (AvgIpc) is 3.24. The Balaban J connectivity index is 1.62. The Bertz CT molecular complexity index is 702. The van der Waals surface area contributed by atoms with Crippen molar-refractivity contribution in [3.05, 3.63) is 29.8 Å². The summed E-state index contributed by atoms with van der Waals surface area (Å²) in [5.41, 5.74) is 1.68. The van der Waals surface area contributed by atoms with Gasteiger partial charge in [-0.2, -0.15) is 0 Å². The van der Waals surface area contributed by atoms with Crippen LogP contribution >= 0.6 is 0 Å². The van der Waals surface area contributed by atoms with Crippen LogP contribution in [0, 0.1) is 12.8 Å². The van der Waals surface area contributed by atoms with Crippen molar-refractivity contribution in [2.45, 2.75) is 64.0 Å². The minimum Gasteiger partial charge on any atom is -0.327 e. The van der Waals surface area contributed by atoms with E-state index in [0.717, 1.165) is 44.1 Å². The van der Waals surface area contributed by atoms with Gasteiger partial charge < -0.3 is 4.90 Å². The molecule has 3 fully saturated rings. The summed E-state index contributed by atoms with van der Waals surface area (Å²) in [7, 11) is 0. The van der Waals surface area contributed by atoms with E-state index in [1.54, 1.807) is 17.0 Å². The molecule has 1 saturated heterocycles. The number of amides is 3. The van der Waals surface area contributed by atoms with Gasteiger partial charge in [0, 0.05) is 12.0 Å². The van der Waals surface area contributed by atoms with E-state index >= 15 is 0 Å². The average molecular weight is 340 g/mol. The summed E-state index contributed by atoms with van der Waals surface area (Å²) in [5.74, 6) is -0.291. The summed E-state index contributed by atoms with van der Waals surface area (Å²) < 4.78 is 0. The maximum atomic E-state index is 13.1. The minimum atomic E-state index is -0.620. The summed E-state index contributed by atoms with van der Waals surface area (Å²) in [5, 5.41) is 0. The molecule has 1 aromatic carbocycles. The fourth-order valence-electron chi connectivity index (χ4n) is 4.11. The van der Waals surface area contributed by atoms with Crippen LogP contribution in [0.1, 0.15) is 50.5 Å². The lowest BCUT2D eigenvalue weighted by molar-refractivity contribution is -0.142. The van der Waals surface area contributed by atoms with Crippen molar-refractivity contribution in [2.75, 3.05) is 4.90 Å². The first-order chi connectivity index (χ1) is 12.1. The summed E-state index contributed by atoms with van der Waals surface area (Å²) in [4.78, 5) is 41.6. The van der Waals surface area contributed by atoms with Crippen molar-refractivity contribution in [2.24, 2.45) is 5.92 Å². The van der Waals surface area contributed by atoms with Crippen molar-refractivity contribution >= 4 is 23.4 Å². The van der Waals surface area contributed by atoms with Gasteiger partial charge in [-0.1, -0.05) is 30.5 Å². The predicted octanol–water partition coefficient (Wildman–Crippen LogP) is 2.81. The topological polar surface area (TPSA) is 57.7 Å². The Kier molecular flexibility index (Phi) is 4.10. The lowest BCUT2D eigenvalue weighted by Gasteiger charge is -2.33. The Morgan fingerprint density at radius 2 is 1.68 bits per heavy atom. The predicted molar refractivity (Wildman–Crippen MR) is 93.9 cm³/mol. The first kappa shape index (κ1) is 16.3. The summed E-state index contributed by atoms with van der Waals surface area (Å²) in [6.07, 6.45) is 6.02. The zero-order valence-corrected chi connectivity index (χ0v) is 14.6. The first-order valence-electron chi connectivity index (χ1n) is 9.32. The van der Waals surface area contributed by atoms with Gasteiger partial charge in [-0.15, -0.1) is 0 Å². The third-order valence-corrected chi connectivity index (χ3v) is 5.65. The molecule has 5 nitrogen and oxygen atoms in total. The summed E-state index contributed by atoms with van der Waals surface area (Å²) >= 11 is 0. The third kappa shape index (κ3) is 2.96. The molecule has 3 aliphatic rings. The first-order valence-corrected chi connectivity index (χ1v) is 9.32. The van der Waals surface area contributed by atoms with Crippen molar-refractivity contribution in [1.82, 2.24) is 4.90 Å². The van der Waals surface area contributed by atoms with Gasteiger partial charge in [0.1, 0.15) is 6.04 Å². The van der Waals surface area contributed by atoms with E-state index in [2.05, 4.69) is 0 Å². The van der Waals surface area contributed by atoms with Crippen molar-refractivity contribution < 1.29 is 14.4 Å². The molecule has 1 heterocycles. The number of aryl methyl sites for hydroxylation is 1. The van der Waals surface area contributed by atoms with Gasteiger partial charge in [0.05, 0.1) is 12.1 Å². The SMILES string of the molecule is Cc1ccc(N2C(=O)CC(N(C(=O)C3CC3)C3CCCC3)C2=O)cc1. The molecular formula is C20H24N2O3. The van der Waals surface area contributed by atoms with E-state index < -0.39 is 6.04 Å². The van der Waals surface area contributed by atoms with Gasteiger partial charge in [0.2, 0.25) is 11.8 Å². The zero-order chi connectivity index (χ0) is 17.6. The number of anilines is 1. The molecule has 0 radical (unpaired) electrons. The van der Waals surface area contributed by atoms with Crippen LogP contribution in [0.15, 0.2) is 24.3 Å². The summed E-state index contributed by atoms with van der Waals surface area (Å²) in [6, 6.07) is 6.89. The monoisotopic (exact) mass is 340 g/mol. The maximum absolute atomic E-state index is 13.1. The molecule has 1 aromatic rings. The molecule has 2 saturated carbocycles. The van der Waals surface area contributed by atoms with Gasteiger partial charge >= 0.3 is 0 Å². The van der Waals surface area contributed by atoms with Crippen molar-refractivity contribution in [3.63, 3.8) is 0 Å². The van der Waals surface area contributed by atoms with Crippen LogP contribution in [-0.4, -0.2) is 34.7 Å². The number of nitrogens with zero attached hydrogens (tertiary/aromatic N) is 2. The van der Waals surface area contributed by atoms with Crippen molar-refractivity contribution in [3.8, 4) is 0 Å². The Labute approximate surface area is 148 Å². The van der Waals surface area contributed by atoms with Crippen LogP contribution in [0.25, 0.3) is 0 Å². The van der Waals surface area contributed by atoms with E-state index in [4.69, 9.17) is 0 Å². The standard InChI is InChI=1S/C20H24N2O3/c1-13-6-10-16(11-7-13)22-18(23)12-17(20(22)25)21(15-4-2-3-5-15)19(24)14-8-9-14/h6-7,10-11,14-15,17H,2-5,8-9,12H2,1H3. The molecule has 1 aliphatic heterocycles. The smallest absolute Gasteiger partial charge is 0.257 e. The molecule has 2 aliphatic carbocycles. The molecule has 1 unspecified atom stereocenters. The zero-order valence-electron chi connectivity index (χ0n) is 14.6. The highest BCUT2D eigenvalue weighted by Gasteiger charge is 2.49. The number of imide groups is 1. The Morgan fingerprint density at radius 1 is 1.04 bits per heavy atom. The molecule has 3 amide bonds. The lowest BCUT2D eigenvalue weighted by Crippen LogP contribution is -2.50. The number of carbonyl (C=O) groups is 3. The van der Waals surface area contributed by atoms with Gasteiger partial charge in [-0.3, -0.25) is 14.4 Å². The largest absolute Gasteiger partial charge is 0.327 e. The van der Waals surface area contributed by atoms with Gasteiger partial charge in [-0.25, -0.2) is 4.90 Å². The Hall–Kier alpha value is -2.17. The van der Waals surface area contributed by atoms with Crippen LogP contribution in [0.4, 0.5) is 5.69 Å². The molecule has 0 spiro atoms. The molecule has 0 N–H and O–H groups in total. The van der Waals surface area contributed by atoms with E-state index in [1.807, 2.05) is 19.1 Å². The highest BCUT2D eigenvalue weighted by molar-refractivity contribution is 6.23. The molecule has 1 atom stereocenters. The van der Waals surface area contributed by atoms with Crippen LogP contribution in [0.3, 0.4) is 0 Å². The highest BCUT2D eigenvalue weighted by Crippen LogP contribution is 2.37. The number of rotatable bonds is 4. The number of hydrogen-bond acceptors (Lipinski definition) is 3. The molecule has 132 valence electrons. The lowest BCUT2D eigenvalue weighted by atomic mass is 10.1. The van der Waals surface area contributed by atoms with Gasteiger partial charge in [0.25, 0.3) is 5.91 Å². The second-order valence-corrected chi connectivity index (χ2v) is 7.58. The van der Waals surface area contributed by atoms with E-state index in [9.17, 15) is 14.4 Å². The molecule has 4 rings (SSSR count). The molecule has 0 aromatic heterocycles. The van der Waals surface area contributed by atoms with Gasteiger partial charge in [0.15, 0.2) is 0 Å². The van der Waals surface area contributed by atoms with Gasteiger partial charge in [-0.05, 0) is 44.7 Å². The number of benzene rings is 1. The number of hydrogen-bond donors (Lipinski definition) is 0. The van der Waals surface area contributed by atoms with E-state index in [1.165, 1.54) is 4.90 Å². The molecule has 5 heteroatoms. The van der Waals surface area contributed by atoms with Crippen LogP contribution in [0.2, 0.25) is 0 Å². The fraction of sp³-hybridized carbons (Fsp3) is 0.550. The van der Waals surface area contributed by atoms with E-state index in [0.29, 0.717) is 5.69 Å². The number of carbonyl (C=O) groups excluding carboxylic acids is 3. The maximum Gasteiger partial charge on any atom is 0.257 e. The highest BCUT2D eigenvalue weighted by atomic mass is 16.2. The minimum absolute atomic E-state index is 0.0666. The quantitative estimate of drug-likeness (QED) is 0.792. The molecular weight excluding hydrogens is 316 g/mol. The third-order valence-electron chi connectivity index (χ3n) is 5.65. The second-order valence-electron chi connectivity index (χ2n) is 7.58. The second kappa shape index (κ2) is 6.28. The normalized spacial score (nSPS) is 24.2. The van der Waals surface area contributed by atoms with Crippen LogP contribution in [-0.2, 0) is 14.4 Å². The van der Waals surface area contributed by atoms with Crippen LogP contribution < -0.4 is 4.90 Å². The fourth-order valence-corrected chi connectivity index (χ4v) is 4.11. The van der Waals surface area contributed by atoms with E-state index in [-0.39, 0.29) is 36.1 Å². The van der Waals surface area contributed by atoms with Crippen molar-refractivity contribution in [1.29, 1.82) is 0 Å². The molecule has 25 heavy (non-hydrogen) atoms.